The predicted molar refractivity (Wildman–Crippen MR) is 71.0 cm³/mol. The van der Waals surface area contributed by atoms with Crippen LogP contribution in [0.15, 0.2) is 0 Å². The molecular formula is C12H24BrNO2. The molecule has 3 nitrogen and oxygen atoms in total. The number of halogens is 1. The average molecular weight is 294 g/mol. The van der Waals surface area contributed by atoms with E-state index in [2.05, 4.69) is 41.6 Å². The van der Waals surface area contributed by atoms with Gasteiger partial charge < -0.3 is 4.74 Å². The molecule has 0 aliphatic rings. The Morgan fingerprint density at radius 2 is 2.00 bits per heavy atom. The number of ether oxygens (including phenoxy) is 1. The van der Waals surface area contributed by atoms with E-state index in [9.17, 15) is 4.79 Å². The van der Waals surface area contributed by atoms with E-state index in [1.54, 1.807) is 0 Å². The molecule has 0 radical (unpaired) electrons. The second-order valence-electron chi connectivity index (χ2n) is 4.29. The molecule has 4 heteroatoms. The van der Waals surface area contributed by atoms with Crippen molar-refractivity contribution in [3.63, 3.8) is 0 Å². The first-order valence-corrected chi connectivity index (χ1v) is 6.90. The topological polar surface area (TPSA) is 29.5 Å². The Kier molecular flexibility index (Phi) is 8.94. The number of hydrogen-bond donors (Lipinski definition) is 0. The number of esters is 1. The molecule has 0 rings (SSSR count). The van der Waals surface area contributed by atoms with E-state index in [4.69, 9.17) is 4.74 Å². The number of alkyl halides is 1. The Hall–Kier alpha value is -0.0900. The van der Waals surface area contributed by atoms with Gasteiger partial charge in [0.1, 0.15) is 4.83 Å². The minimum atomic E-state index is -0.221. The molecule has 0 saturated carbocycles. The van der Waals surface area contributed by atoms with E-state index in [1.807, 2.05) is 0 Å². The Morgan fingerprint density at radius 1 is 1.38 bits per heavy atom. The highest BCUT2D eigenvalue weighted by Crippen LogP contribution is 2.10. The van der Waals surface area contributed by atoms with Crippen LogP contribution in [0.2, 0.25) is 0 Å². The number of carbonyl (C=O) groups is 1. The Morgan fingerprint density at radius 3 is 2.44 bits per heavy atom. The summed E-state index contributed by atoms with van der Waals surface area (Å²) < 4.78 is 4.71. The summed E-state index contributed by atoms with van der Waals surface area (Å²) in [7, 11) is 1.42. The van der Waals surface area contributed by atoms with Crippen LogP contribution in [-0.4, -0.2) is 41.9 Å². The lowest BCUT2D eigenvalue weighted by Crippen LogP contribution is -2.39. The lowest BCUT2D eigenvalue weighted by molar-refractivity contribution is -0.140. The second-order valence-corrected chi connectivity index (χ2v) is 5.39. The van der Waals surface area contributed by atoms with Crippen molar-refractivity contribution < 1.29 is 9.53 Å². The third kappa shape index (κ3) is 6.48. The van der Waals surface area contributed by atoms with Gasteiger partial charge in [-0.15, -0.1) is 0 Å². The fourth-order valence-electron chi connectivity index (χ4n) is 1.53. The van der Waals surface area contributed by atoms with E-state index in [1.165, 1.54) is 26.4 Å². The van der Waals surface area contributed by atoms with Crippen LogP contribution >= 0.6 is 15.9 Å². The first kappa shape index (κ1) is 15.9. The molecule has 0 saturated heterocycles. The normalized spacial score (nSPS) is 13.2. The lowest BCUT2D eigenvalue weighted by atomic mass is 10.2. The molecule has 96 valence electrons. The quantitative estimate of drug-likeness (QED) is 0.392. The van der Waals surface area contributed by atoms with Crippen molar-refractivity contribution in [2.75, 3.05) is 20.2 Å². The van der Waals surface area contributed by atoms with Crippen LogP contribution < -0.4 is 0 Å². The third-order valence-corrected chi connectivity index (χ3v) is 3.29. The summed E-state index contributed by atoms with van der Waals surface area (Å²) in [5.74, 6) is -0.193. The molecule has 0 fully saturated rings. The van der Waals surface area contributed by atoms with Gasteiger partial charge in [0.05, 0.1) is 7.11 Å². The second kappa shape index (κ2) is 8.99. The zero-order valence-corrected chi connectivity index (χ0v) is 12.4. The fourth-order valence-corrected chi connectivity index (χ4v) is 2.09. The zero-order chi connectivity index (χ0) is 12.6. The van der Waals surface area contributed by atoms with E-state index >= 15 is 0 Å². The maximum atomic E-state index is 11.3. The molecule has 0 amide bonds. The fraction of sp³-hybridized carbons (Fsp3) is 0.917. The van der Waals surface area contributed by atoms with Gasteiger partial charge in [-0.05, 0) is 26.8 Å². The Balaban J connectivity index is 4.06. The van der Waals surface area contributed by atoms with Crippen molar-refractivity contribution in [3.05, 3.63) is 0 Å². The number of carbonyl (C=O) groups excluding carboxylic acids is 1. The van der Waals surface area contributed by atoms with Crippen molar-refractivity contribution >= 4 is 21.9 Å². The Labute approximate surface area is 108 Å². The summed E-state index contributed by atoms with van der Waals surface area (Å²) >= 11 is 3.37. The van der Waals surface area contributed by atoms with Crippen LogP contribution in [0.3, 0.4) is 0 Å². The summed E-state index contributed by atoms with van der Waals surface area (Å²) in [6.45, 7) is 8.27. The van der Waals surface area contributed by atoms with Crippen molar-refractivity contribution in [1.82, 2.24) is 4.90 Å². The maximum absolute atomic E-state index is 11.3. The summed E-state index contributed by atoms with van der Waals surface area (Å²) in [4.78, 5) is 13.4. The van der Waals surface area contributed by atoms with Crippen molar-refractivity contribution in [2.45, 2.75) is 50.9 Å². The van der Waals surface area contributed by atoms with E-state index in [0.29, 0.717) is 12.6 Å². The SMILES string of the molecule is CCCCCN(CC(Br)C(=O)OC)C(C)C. The highest BCUT2D eigenvalue weighted by molar-refractivity contribution is 9.10. The number of hydrogen-bond acceptors (Lipinski definition) is 3. The number of nitrogens with zero attached hydrogens (tertiary/aromatic N) is 1. The molecule has 0 heterocycles. The van der Waals surface area contributed by atoms with Gasteiger partial charge in [-0.25, -0.2) is 0 Å². The van der Waals surface area contributed by atoms with Gasteiger partial charge in [0.25, 0.3) is 0 Å². The van der Waals surface area contributed by atoms with Crippen molar-refractivity contribution in [2.24, 2.45) is 0 Å². The molecule has 0 aromatic rings. The molecule has 16 heavy (non-hydrogen) atoms. The van der Waals surface area contributed by atoms with Crippen LogP contribution in [0.4, 0.5) is 0 Å². The van der Waals surface area contributed by atoms with E-state index in [-0.39, 0.29) is 10.8 Å². The van der Waals surface area contributed by atoms with Gasteiger partial charge in [-0.2, -0.15) is 0 Å². The van der Waals surface area contributed by atoms with Gasteiger partial charge in [0, 0.05) is 12.6 Å². The minimum absolute atomic E-state index is 0.193. The highest BCUT2D eigenvalue weighted by Gasteiger charge is 2.20. The van der Waals surface area contributed by atoms with Gasteiger partial charge in [-0.3, -0.25) is 9.69 Å². The number of unbranched alkanes of at least 4 members (excludes halogenated alkanes) is 2. The predicted octanol–water partition coefficient (Wildman–Crippen LogP) is 2.82. The largest absolute Gasteiger partial charge is 0.468 e. The lowest BCUT2D eigenvalue weighted by Gasteiger charge is -2.27. The molecule has 1 atom stereocenters. The molecule has 0 N–H and O–H groups in total. The van der Waals surface area contributed by atoms with Crippen LogP contribution in [0, 0.1) is 0 Å². The van der Waals surface area contributed by atoms with Gasteiger partial charge in [0.2, 0.25) is 0 Å². The molecular weight excluding hydrogens is 270 g/mol. The smallest absolute Gasteiger partial charge is 0.320 e. The summed E-state index contributed by atoms with van der Waals surface area (Å²) in [5.41, 5.74) is 0. The molecule has 0 aliphatic carbocycles. The van der Waals surface area contributed by atoms with Crippen LogP contribution in [-0.2, 0) is 9.53 Å². The molecule has 0 aromatic heterocycles. The summed E-state index contributed by atoms with van der Waals surface area (Å²) in [5, 5.41) is 0. The monoisotopic (exact) mass is 293 g/mol. The van der Waals surface area contributed by atoms with Gasteiger partial charge in [-0.1, -0.05) is 35.7 Å². The first-order valence-electron chi connectivity index (χ1n) is 5.98. The highest BCUT2D eigenvalue weighted by atomic mass is 79.9. The first-order chi connectivity index (χ1) is 7.52. The summed E-state index contributed by atoms with van der Waals surface area (Å²) in [6, 6.07) is 0.460. The molecule has 1 unspecified atom stereocenters. The molecule has 0 spiro atoms. The van der Waals surface area contributed by atoms with Gasteiger partial charge >= 0.3 is 5.97 Å². The van der Waals surface area contributed by atoms with Crippen LogP contribution in [0.25, 0.3) is 0 Å². The van der Waals surface area contributed by atoms with Crippen molar-refractivity contribution in [1.29, 1.82) is 0 Å². The minimum Gasteiger partial charge on any atom is -0.468 e. The molecule has 0 aromatic carbocycles. The molecule has 0 aliphatic heterocycles. The number of methoxy groups -OCH3 is 1. The molecule has 0 bridgehead atoms. The Bertz CT molecular complexity index is 197. The van der Waals surface area contributed by atoms with Gasteiger partial charge in [0.15, 0.2) is 0 Å². The van der Waals surface area contributed by atoms with Crippen LogP contribution in [0.1, 0.15) is 40.0 Å². The van der Waals surface area contributed by atoms with Crippen molar-refractivity contribution in [3.8, 4) is 0 Å². The maximum Gasteiger partial charge on any atom is 0.320 e. The summed E-state index contributed by atoms with van der Waals surface area (Å²) in [6.07, 6.45) is 3.66. The van der Waals surface area contributed by atoms with E-state index < -0.39 is 0 Å². The average Bonchev–Trinajstić information content (AvgIpc) is 2.26. The third-order valence-electron chi connectivity index (χ3n) is 2.63. The van der Waals surface area contributed by atoms with E-state index in [0.717, 1.165) is 6.54 Å². The van der Waals surface area contributed by atoms with Crippen LogP contribution in [0.5, 0.6) is 0 Å². The zero-order valence-electron chi connectivity index (χ0n) is 10.8. The standard InChI is InChI=1S/C12H24BrNO2/c1-5-6-7-8-14(10(2)3)9-11(13)12(15)16-4/h10-11H,5-9H2,1-4H3. The number of rotatable bonds is 8.